The number of piperazine rings is 1. The van der Waals surface area contributed by atoms with Crippen LogP contribution < -0.4 is 15.5 Å². The lowest BCUT2D eigenvalue weighted by atomic mass is 9.95. The molecule has 8 heteroatoms. The zero-order chi connectivity index (χ0) is 20.2. The van der Waals surface area contributed by atoms with Crippen molar-refractivity contribution >= 4 is 11.6 Å². The minimum Gasteiger partial charge on any atom is -0.423 e. The summed E-state index contributed by atoms with van der Waals surface area (Å²) in [5, 5.41) is 14.9. The number of aromatic nitrogens is 4. The Hall–Kier alpha value is -3.00. The van der Waals surface area contributed by atoms with Gasteiger partial charge in [-0.2, -0.15) is 0 Å². The van der Waals surface area contributed by atoms with E-state index in [1.165, 1.54) is 38.5 Å². The topological polar surface area (TPSA) is 92.0 Å². The van der Waals surface area contributed by atoms with Crippen LogP contribution in [0.2, 0.25) is 0 Å². The molecule has 8 nitrogen and oxygen atoms in total. The lowest BCUT2D eigenvalue weighted by Crippen LogP contribution is -2.43. The highest BCUT2D eigenvalue weighted by Crippen LogP contribution is 2.30. The van der Waals surface area contributed by atoms with Crippen LogP contribution in [0, 0.1) is 0 Å². The van der Waals surface area contributed by atoms with Gasteiger partial charge in [-0.25, -0.2) is 9.97 Å². The van der Waals surface area contributed by atoms with Gasteiger partial charge in [0, 0.05) is 49.5 Å². The summed E-state index contributed by atoms with van der Waals surface area (Å²) in [6.45, 7) is 3.74. The van der Waals surface area contributed by atoms with Gasteiger partial charge in [0.25, 0.3) is 0 Å². The molecule has 0 aromatic carbocycles. The van der Waals surface area contributed by atoms with Gasteiger partial charge in [0.2, 0.25) is 12.3 Å². The van der Waals surface area contributed by atoms with Crippen molar-refractivity contribution in [2.24, 2.45) is 0 Å². The molecule has 0 amide bonds. The van der Waals surface area contributed by atoms with E-state index in [0.717, 1.165) is 54.6 Å². The molecule has 1 aliphatic carbocycles. The first-order valence-electron chi connectivity index (χ1n) is 10.8. The van der Waals surface area contributed by atoms with Gasteiger partial charge in [-0.15, -0.1) is 10.2 Å². The largest absolute Gasteiger partial charge is 0.423 e. The number of nitrogens with zero attached hydrogens (tertiary/aromatic N) is 5. The predicted octanol–water partition coefficient (Wildman–Crippen LogP) is 3.35. The maximum Gasteiger partial charge on any atom is 0.247 e. The van der Waals surface area contributed by atoms with Crippen LogP contribution in [-0.2, 0) is 0 Å². The molecule has 0 spiro atoms. The number of pyridine rings is 2. The molecule has 4 heterocycles. The summed E-state index contributed by atoms with van der Waals surface area (Å²) in [7, 11) is 0. The molecule has 3 aromatic rings. The summed E-state index contributed by atoms with van der Waals surface area (Å²) in [6, 6.07) is 8.66. The summed E-state index contributed by atoms with van der Waals surface area (Å²) in [4.78, 5) is 11.8. The van der Waals surface area contributed by atoms with Crippen LogP contribution in [0.4, 0.5) is 11.6 Å². The molecule has 2 N–H and O–H groups in total. The fraction of sp³-hybridized carbons (Fsp3) is 0.455. The zero-order valence-corrected chi connectivity index (χ0v) is 17.0. The summed E-state index contributed by atoms with van der Waals surface area (Å²) in [5.74, 6) is 2.35. The van der Waals surface area contributed by atoms with Crippen molar-refractivity contribution in [3.63, 3.8) is 0 Å². The van der Waals surface area contributed by atoms with Gasteiger partial charge in [0.1, 0.15) is 11.6 Å². The van der Waals surface area contributed by atoms with Crippen LogP contribution >= 0.6 is 0 Å². The van der Waals surface area contributed by atoms with E-state index in [1.807, 2.05) is 24.4 Å². The summed E-state index contributed by atoms with van der Waals surface area (Å²) in [6.07, 6.45) is 9.56. The lowest BCUT2D eigenvalue weighted by molar-refractivity contribution is 0.462. The first kappa shape index (κ1) is 19.0. The monoisotopic (exact) mass is 405 g/mol. The quantitative estimate of drug-likeness (QED) is 0.668. The van der Waals surface area contributed by atoms with Crippen molar-refractivity contribution in [2.45, 2.75) is 38.1 Å². The van der Waals surface area contributed by atoms with Crippen LogP contribution in [0.5, 0.6) is 0 Å². The Morgan fingerprint density at radius 1 is 1.03 bits per heavy atom. The van der Waals surface area contributed by atoms with Crippen LogP contribution in [0.15, 0.2) is 41.3 Å². The Bertz CT molecular complexity index is 963. The molecule has 0 unspecified atom stereocenters. The molecule has 2 fully saturated rings. The van der Waals surface area contributed by atoms with Gasteiger partial charge in [0.05, 0.1) is 5.69 Å². The Morgan fingerprint density at radius 2 is 1.90 bits per heavy atom. The van der Waals surface area contributed by atoms with Crippen molar-refractivity contribution in [1.82, 2.24) is 25.5 Å². The predicted molar refractivity (Wildman–Crippen MR) is 116 cm³/mol. The smallest absolute Gasteiger partial charge is 0.247 e. The zero-order valence-electron chi connectivity index (χ0n) is 17.0. The lowest BCUT2D eigenvalue weighted by Gasteiger charge is -2.29. The second kappa shape index (κ2) is 8.79. The van der Waals surface area contributed by atoms with Crippen LogP contribution in [0.1, 0.15) is 32.1 Å². The molecule has 1 aliphatic heterocycles. The van der Waals surface area contributed by atoms with Crippen LogP contribution in [0.25, 0.3) is 22.7 Å². The third kappa shape index (κ3) is 4.28. The van der Waals surface area contributed by atoms with E-state index in [4.69, 9.17) is 9.40 Å². The van der Waals surface area contributed by atoms with E-state index in [1.54, 1.807) is 0 Å². The van der Waals surface area contributed by atoms with Crippen molar-refractivity contribution in [3.05, 3.63) is 36.9 Å². The van der Waals surface area contributed by atoms with Gasteiger partial charge < -0.3 is 20.0 Å². The van der Waals surface area contributed by atoms with E-state index in [-0.39, 0.29) is 0 Å². The van der Waals surface area contributed by atoms with E-state index in [9.17, 15) is 0 Å². The van der Waals surface area contributed by atoms with Gasteiger partial charge in [0.15, 0.2) is 0 Å². The summed E-state index contributed by atoms with van der Waals surface area (Å²) < 4.78 is 5.47. The maximum absolute atomic E-state index is 5.47. The normalized spacial score (nSPS) is 17.8. The Labute approximate surface area is 176 Å². The molecule has 30 heavy (non-hydrogen) atoms. The summed E-state index contributed by atoms with van der Waals surface area (Å²) in [5.41, 5.74) is 2.79. The third-order valence-electron chi connectivity index (χ3n) is 5.87. The molecule has 0 bridgehead atoms. The minimum absolute atomic E-state index is 0.504. The number of rotatable bonds is 5. The molecule has 0 radical (unpaired) electrons. The second-order valence-electron chi connectivity index (χ2n) is 7.99. The van der Waals surface area contributed by atoms with Crippen molar-refractivity contribution in [2.75, 3.05) is 36.4 Å². The molecular weight excluding hydrogens is 378 g/mol. The maximum atomic E-state index is 5.47. The molecule has 5 rings (SSSR count). The Balaban J connectivity index is 1.48. The highest BCUT2D eigenvalue weighted by Gasteiger charge is 2.18. The molecule has 0 atom stereocenters. The fourth-order valence-electron chi connectivity index (χ4n) is 4.27. The number of hydrogen-bond acceptors (Lipinski definition) is 8. The second-order valence-corrected chi connectivity index (χ2v) is 7.99. The van der Waals surface area contributed by atoms with Gasteiger partial charge in [-0.1, -0.05) is 19.3 Å². The van der Waals surface area contributed by atoms with Crippen LogP contribution in [-0.4, -0.2) is 52.4 Å². The molecule has 1 saturated heterocycles. The van der Waals surface area contributed by atoms with Crippen LogP contribution in [0.3, 0.4) is 0 Å². The van der Waals surface area contributed by atoms with E-state index < -0.39 is 0 Å². The van der Waals surface area contributed by atoms with Gasteiger partial charge in [-0.3, -0.25) is 0 Å². The molecule has 1 saturated carbocycles. The Kier molecular flexibility index (Phi) is 5.56. The average Bonchev–Trinajstić information content (AvgIpc) is 3.35. The fourth-order valence-corrected chi connectivity index (χ4v) is 4.27. The first-order chi connectivity index (χ1) is 14.8. The Morgan fingerprint density at radius 3 is 2.70 bits per heavy atom. The van der Waals surface area contributed by atoms with Crippen molar-refractivity contribution in [3.8, 4) is 22.7 Å². The highest BCUT2D eigenvalue weighted by atomic mass is 16.4. The van der Waals surface area contributed by atoms with Crippen molar-refractivity contribution in [1.29, 1.82) is 0 Å². The van der Waals surface area contributed by atoms with E-state index in [2.05, 4.69) is 36.8 Å². The average molecular weight is 406 g/mol. The number of anilines is 2. The highest BCUT2D eigenvalue weighted by molar-refractivity contribution is 5.71. The first-order valence-corrected chi connectivity index (χ1v) is 10.8. The number of hydrogen-bond donors (Lipinski definition) is 2. The van der Waals surface area contributed by atoms with Crippen molar-refractivity contribution < 1.29 is 4.42 Å². The summed E-state index contributed by atoms with van der Waals surface area (Å²) >= 11 is 0. The van der Waals surface area contributed by atoms with Gasteiger partial charge in [-0.05, 0) is 37.1 Å². The molecular formula is C22H27N7O. The van der Waals surface area contributed by atoms with E-state index in [0.29, 0.717) is 11.9 Å². The minimum atomic E-state index is 0.504. The SMILES string of the molecule is c1cc(-c2cc(-c3nnco3)cc(N3CCNCC3)n2)cc(NC2CCCCC2)n1. The molecule has 2 aliphatic rings. The third-order valence-corrected chi connectivity index (χ3v) is 5.87. The molecule has 3 aromatic heterocycles. The van der Waals surface area contributed by atoms with Gasteiger partial charge >= 0.3 is 0 Å². The molecule has 156 valence electrons. The standard InChI is InChI=1S/C22H27N7O/c1-2-4-18(5-3-1)26-20-13-16(6-7-24-20)19-12-17(22-28-25-15-30-22)14-21(27-19)29-10-8-23-9-11-29/h6-7,12-15,18,23H,1-5,8-11H2,(H,24,26). The van der Waals surface area contributed by atoms with E-state index >= 15 is 0 Å². The number of nitrogens with one attached hydrogen (secondary N) is 2.